The van der Waals surface area contributed by atoms with E-state index >= 15 is 0 Å². The molecule has 2 rings (SSSR count). The third-order valence-electron chi connectivity index (χ3n) is 3.51. The predicted molar refractivity (Wildman–Crippen MR) is 92.0 cm³/mol. The average molecular weight is 284 g/mol. The Morgan fingerprint density at radius 1 is 0.714 bits per heavy atom. The van der Waals surface area contributed by atoms with Gasteiger partial charge in [-0.2, -0.15) is 0 Å². The number of hydrogen-bond acceptors (Lipinski definition) is 2. The fourth-order valence-electron chi connectivity index (χ4n) is 1.93. The van der Waals surface area contributed by atoms with Crippen molar-refractivity contribution in [2.45, 2.75) is 39.8 Å². The fraction of sp³-hybridized carbons (Fsp3) is 0.368. The molecule has 0 radical (unpaired) electrons. The van der Waals surface area contributed by atoms with Crippen molar-refractivity contribution >= 4 is 0 Å². The number of benzene rings is 2. The van der Waals surface area contributed by atoms with E-state index in [4.69, 9.17) is 11.5 Å². The summed E-state index contributed by atoms with van der Waals surface area (Å²) in [6.07, 6.45) is 0. The lowest BCUT2D eigenvalue weighted by Crippen LogP contribution is -2.16. The molecule has 2 aromatic rings. The van der Waals surface area contributed by atoms with Crippen LogP contribution in [0.15, 0.2) is 54.6 Å². The van der Waals surface area contributed by atoms with E-state index in [2.05, 4.69) is 57.2 Å². The maximum absolute atomic E-state index is 5.94. The zero-order valence-corrected chi connectivity index (χ0v) is 13.6. The van der Waals surface area contributed by atoms with E-state index in [1.165, 1.54) is 16.7 Å². The van der Waals surface area contributed by atoms with Gasteiger partial charge in [0.2, 0.25) is 0 Å². The maximum atomic E-state index is 5.94. The molecule has 114 valence electrons. The van der Waals surface area contributed by atoms with Crippen molar-refractivity contribution in [2.24, 2.45) is 17.4 Å². The van der Waals surface area contributed by atoms with Gasteiger partial charge in [-0.25, -0.2) is 0 Å². The van der Waals surface area contributed by atoms with Gasteiger partial charge in [-0.15, -0.1) is 0 Å². The highest BCUT2D eigenvalue weighted by molar-refractivity contribution is 5.23. The summed E-state index contributed by atoms with van der Waals surface area (Å²) in [5, 5.41) is 0. The molecule has 0 fully saturated rings. The van der Waals surface area contributed by atoms with Crippen LogP contribution in [0.1, 0.15) is 49.5 Å². The lowest BCUT2D eigenvalue weighted by atomic mass is 9.97. The van der Waals surface area contributed by atoms with Gasteiger partial charge >= 0.3 is 0 Å². The molecule has 0 bridgehead atoms. The first kappa shape index (κ1) is 17.4. The maximum Gasteiger partial charge on any atom is 0.0318 e. The van der Waals surface area contributed by atoms with Gasteiger partial charge in [0.05, 0.1) is 0 Å². The minimum absolute atomic E-state index is 0.153. The van der Waals surface area contributed by atoms with E-state index < -0.39 is 0 Å². The van der Waals surface area contributed by atoms with Crippen LogP contribution in [0.3, 0.4) is 0 Å². The van der Waals surface area contributed by atoms with Gasteiger partial charge in [-0.3, -0.25) is 0 Å². The van der Waals surface area contributed by atoms with Gasteiger partial charge < -0.3 is 11.5 Å². The van der Waals surface area contributed by atoms with Crippen LogP contribution in [-0.2, 0) is 0 Å². The largest absolute Gasteiger partial charge is 0.324 e. The molecule has 0 amide bonds. The Kier molecular flexibility index (Phi) is 7.13. The summed E-state index contributed by atoms with van der Waals surface area (Å²) in [7, 11) is 0. The molecule has 0 aliphatic heterocycles. The van der Waals surface area contributed by atoms with Crippen LogP contribution in [0.2, 0.25) is 0 Å². The van der Waals surface area contributed by atoms with Crippen LogP contribution in [0.25, 0.3) is 0 Å². The monoisotopic (exact) mass is 284 g/mol. The molecule has 2 atom stereocenters. The summed E-state index contributed by atoms with van der Waals surface area (Å²) in [6, 6.07) is 18.8. The summed E-state index contributed by atoms with van der Waals surface area (Å²) in [4.78, 5) is 0. The molecule has 0 aromatic heterocycles. The minimum atomic E-state index is 0.153. The Balaban J connectivity index is 0.000000211. The summed E-state index contributed by atoms with van der Waals surface area (Å²) in [5.41, 5.74) is 15.3. The smallest absolute Gasteiger partial charge is 0.0318 e. The van der Waals surface area contributed by atoms with Crippen molar-refractivity contribution < 1.29 is 0 Å². The second kappa shape index (κ2) is 8.60. The first-order chi connectivity index (χ1) is 9.91. The van der Waals surface area contributed by atoms with Crippen molar-refractivity contribution in [2.75, 3.05) is 0 Å². The van der Waals surface area contributed by atoms with E-state index in [9.17, 15) is 0 Å². The Morgan fingerprint density at radius 2 is 1.24 bits per heavy atom. The van der Waals surface area contributed by atoms with Crippen molar-refractivity contribution in [3.63, 3.8) is 0 Å². The lowest BCUT2D eigenvalue weighted by molar-refractivity contribution is 0.514. The molecule has 0 saturated carbocycles. The van der Waals surface area contributed by atoms with Gasteiger partial charge in [0.1, 0.15) is 0 Å². The molecular formula is C19H28N2. The highest BCUT2D eigenvalue weighted by Gasteiger charge is 2.08. The molecule has 0 heterocycles. The lowest BCUT2D eigenvalue weighted by Gasteiger charge is -2.15. The van der Waals surface area contributed by atoms with Crippen LogP contribution >= 0.6 is 0 Å². The number of aryl methyl sites for hydroxylation is 1. The van der Waals surface area contributed by atoms with Gasteiger partial charge in [0.15, 0.2) is 0 Å². The molecule has 0 aliphatic carbocycles. The van der Waals surface area contributed by atoms with Crippen molar-refractivity contribution in [1.29, 1.82) is 0 Å². The zero-order valence-electron chi connectivity index (χ0n) is 13.6. The van der Waals surface area contributed by atoms with E-state index in [0.29, 0.717) is 5.92 Å². The molecule has 0 saturated heterocycles. The summed E-state index contributed by atoms with van der Waals surface area (Å²) >= 11 is 0. The fourth-order valence-corrected chi connectivity index (χ4v) is 1.93. The van der Waals surface area contributed by atoms with Crippen molar-refractivity contribution in [3.05, 3.63) is 71.3 Å². The summed E-state index contributed by atoms with van der Waals surface area (Å²) in [6.45, 7) is 8.34. The molecular weight excluding hydrogens is 256 g/mol. The minimum Gasteiger partial charge on any atom is -0.324 e. The molecule has 2 heteroatoms. The number of hydrogen-bond donors (Lipinski definition) is 2. The first-order valence-corrected chi connectivity index (χ1v) is 7.54. The van der Waals surface area contributed by atoms with E-state index in [1.807, 2.05) is 25.1 Å². The van der Waals surface area contributed by atoms with Crippen LogP contribution in [0.4, 0.5) is 0 Å². The van der Waals surface area contributed by atoms with E-state index in [1.54, 1.807) is 0 Å². The third kappa shape index (κ3) is 6.11. The predicted octanol–water partition coefficient (Wildman–Crippen LogP) is 4.36. The molecule has 2 aromatic carbocycles. The van der Waals surface area contributed by atoms with Crippen molar-refractivity contribution in [1.82, 2.24) is 0 Å². The number of rotatable bonds is 3. The highest BCUT2D eigenvalue weighted by Crippen LogP contribution is 2.17. The second-order valence-corrected chi connectivity index (χ2v) is 5.88. The van der Waals surface area contributed by atoms with E-state index in [0.717, 1.165) is 0 Å². The molecule has 2 nitrogen and oxygen atoms in total. The third-order valence-corrected chi connectivity index (χ3v) is 3.51. The van der Waals surface area contributed by atoms with Crippen LogP contribution in [-0.4, -0.2) is 0 Å². The summed E-state index contributed by atoms with van der Waals surface area (Å²) < 4.78 is 0. The molecule has 21 heavy (non-hydrogen) atoms. The standard InChI is InChI=1S/C10H15N.C9H13N/c1-8(2)10(11)9-6-4-3-5-7-9;1-7-3-5-9(6-4-7)8(2)10/h3-8,10H,11H2,1-2H3;3-6,8H,10H2,1-2H3/t10-;8-/m11/s1. The van der Waals surface area contributed by atoms with Gasteiger partial charge in [-0.1, -0.05) is 74.0 Å². The molecule has 0 unspecified atom stereocenters. The normalized spacial score (nSPS) is 13.3. The topological polar surface area (TPSA) is 52.0 Å². The molecule has 0 aliphatic rings. The van der Waals surface area contributed by atoms with Crippen LogP contribution < -0.4 is 11.5 Å². The SMILES string of the molecule is CC(C)[C@@H](N)c1ccccc1.Cc1ccc([C@@H](C)N)cc1. The van der Waals surface area contributed by atoms with E-state index in [-0.39, 0.29) is 12.1 Å². The zero-order chi connectivity index (χ0) is 15.8. The quantitative estimate of drug-likeness (QED) is 0.880. The van der Waals surface area contributed by atoms with Crippen LogP contribution in [0.5, 0.6) is 0 Å². The Morgan fingerprint density at radius 3 is 1.67 bits per heavy atom. The number of nitrogens with two attached hydrogens (primary N) is 2. The second-order valence-electron chi connectivity index (χ2n) is 5.88. The Hall–Kier alpha value is -1.64. The Labute approximate surface area is 129 Å². The molecule has 0 spiro atoms. The van der Waals surface area contributed by atoms with Gasteiger partial charge in [-0.05, 0) is 30.9 Å². The van der Waals surface area contributed by atoms with Crippen molar-refractivity contribution in [3.8, 4) is 0 Å². The molecule has 4 N–H and O–H groups in total. The Bertz CT molecular complexity index is 501. The first-order valence-electron chi connectivity index (χ1n) is 7.54. The highest BCUT2D eigenvalue weighted by atomic mass is 14.6. The summed E-state index contributed by atoms with van der Waals surface area (Å²) in [5.74, 6) is 0.511. The van der Waals surface area contributed by atoms with Crippen LogP contribution in [0, 0.1) is 12.8 Å². The average Bonchev–Trinajstić information content (AvgIpc) is 2.48. The van der Waals surface area contributed by atoms with Gasteiger partial charge in [0.25, 0.3) is 0 Å². The van der Waals surface area contributed by atoms with Gasteiger partial charge in [0, 0.05) is 12.1 Å².